The highest BCUT2D eigenvalue weighted by Gasteiger charge is 2.17. The topological polar surface area (TPSA) is 61.0 Å². The van der Waals surface area contributed by atoms with Crippen LogP contribution in [-0.4, -0.2) is 30.1 Å². The number of H-pyrrole nitrogens is 1. The first kappa shape index (κ1) is 12.1. The van der Waals surface area contributed by atoms with Crippen LogP contribution in [0.3, 0.4) is 0 Å². The van der Waals surface area contributed by atoms with Gasteiger partial charge in [-0.15, -0.1) is 0 Å². The van der Waals surface area contributed by atoms with Crippen LogP contribution in [0.1, 0.15) is 31.0 Å². The van der Waals surface area contributed by atoms with Crippen molar-refractivity contribution in [2.45, 2.75) is 32.7 Å². The molecule has 2 N–H and O–H groups in total. The third kappa shape index (κ3) is 2.66. The summed E-state index contributed by atoms with van der Waals surface area (Å²) in [5.74, 6) is 0.837. The molecule has 0 aliphatic carbocycles. The molecular weight excluding hydrogens is 216 g/mol. The summed E-state index contributed by atoms with van der Waals surface area (Å²) in [6, 6.07) is 0. The number of aromatic nitrogens is 2. The molecule has 2 heterocycles. The monoisotopic (exact) mass is 236 g/mol. The standard InChI is InChI=1S/C12H20N4O/c1-3-4-7-16(2)11-9-8-13-6-5-10(9)14-12(17)15-11/h13H,3-8H2,1-2H3,(H,14,15,17). The summed E-state index contributed by atoms with van der Waals surface area (Å²) >= 11 is 0. The smallest absolute Gasteiger partial charge is 0.347 e. The van der Waals surface area contributed by atoms with Gasteiger partial charge in [0.05, 0.1) is 0 Å². The van der Waals surface area contributed by atoms with Crippen LogP contribution in [-0.2, 0) is 13.0 Å². The van der Waals surface area contributed by atoms with Gasteiger partial charge in [-0.25, -0.2) is 4.79 Å². The normalized spacial score (nSPS) is 14.5. The molecule has 2 rings (SSSR count). The third-order valence-corrected chi connectivity index (χ3v) is 3.16. The average Bonchev–Trinajstić information content (AvgIpc) is 2.34. The predicted molar refractivity (Wildman–Crippen MR) is 68.4 cm³/mol. The van der Waals surface area contributed by atoms with Crippen molar-refractivity contribution >= 4 is 5.82 Å². The van der Waals surface area contributed by atoms with Crippen molar-refractivity contribution in [3.63, 3.8) is 0 Å². The molecule has 0 amide bonds. The number of aromatic amines is 1. The molecule has 0 atom stereocenters. The third-order valence-electron chi connectivity index (χ3n) is 3.16. The first-order chi connectivity index (χ1) is 8.22. The van der Waals surface area contributed by atoms with E-state index >= 15 is 0 Å². The van der Waals surface area contributed by atoms with Gasteiger partial charge in [-0.1, -0.05) is 13.3 Å². The molecule has 5 heteroatoms. The second-order valence-corrected chi connectivity index (χ2v) is 4.52. The zero-order chi connectivity index (χ0) is 12.3. The van der Waals surface area contributed by atoms with Crippen molar-refractivity contribution < 1.29 is 0 Å². The maximum Gasteiger partial charge on any atom is 0.347 e. The molecule has 0 bridgehead atoms. The molecule has 0 radical (unpaired) electrons. The molecule has 0 saturated carbocycles. The zero-order valence-electron chi connectivity index (χ0n) is 10.5. The van der Waals surface area contributed by atoms with Gasteiger partial charge in [-0.2, -0.15) is 4.98 Å². The van der Waals surface area contributed by atoms with Gasteiger partial charge in [0.15, 0.2) is 0 Å². The Labute approximate surface area is 101 Å². The first-order valence-corrected chi connectivity index (χ1v) is 6.26. The van der Waals surface area contributed by atoms with Gasteiger partial charge in [0, 0.05) is 44.4 Å². The van der Waals surface area contributed by atoms with E-state index in [4.69, 9.17) is 0 Å². The number of rotatable bonds is 4. The second-order valence-electron chi connectivity index (χ2n) is 4.52. The fraction of sp³-hybridized carbons (Fsp3) is 0.667. The number of hydrogen-bond acceptors (Lipinski definition) is 4. The lowest BCUT2D eigenvalue weighted by Crippen LogP contribution is -2.33. The van der Waals surface area contributed by atoms with E-state index in [9.17, 15) is 4.79 Å². The van der Waals surface area contributed by atoms with Crippen LogP contribution in [0.2, 0.25) is 0 Å². The number of anilines is 1. The molecule has 94 valence electrons. The molecule has 1 aromatic rings. The Hall–Kier alpha value is -1.36. The Morgan fingerprint density at radius 2 is 2.29 bits per heavy atom. The maximum atomic E-state index is 11.5. The number of unbranched alkanes of at least 4 members (excludes halogenated alkanes) is 1. The van der Waals surface area contributed by atoms with Gasteiger partial charge in [-0.05, 0) is 6.42 Å². The fourth-order valence-corrected chi connectivity index (χ4v) is 2.17. The van der Waals surface area contributed by atoms with Crippen LogP contribution in [0, 0.1) is 0 Å². The summed E-state index contributed by atoms with van der Waals surface area (Å²) in [5.41, 5.74) is 1.96. The highest BCUT2D eigenvalue weighted by Crippen LogP contribution is 2.20. The second kappa shape index (κ2) is 5.31. The van der Waals surface area contributed by atoms with E-state index < -0.39 is 0 Å². The van der Waals surface area contributed by atoms with Crippen molar-refractivity contribution in [1.29, 1.82) is 0 Å². The predicted octanol–water partition coefficient (Wildman–Crippen LogP) is 0.652. The van der Waals surface area contributed by atoms with E-state index in [1.807, 2.05) is 7.05 Å². The number of nitrogens with one attached hydrogen (secondary N) is 2. The molecule has 17 heavy (non-hydrogen) atoms. The number of fused-ring (bicyclic) bond motifs is 1. The quantitative estimate of drug-likeness (QED) is 0.806. The Kier molecular flexibility index (Phi) is 3.78. The van der Waals surface area contributed by atoms with E-state index in [-0.39, 0.29) is 5.69 Å². The molecule has 0 spiro atoms. The summed E-state index contributed by atoms with van der Waals surface area (Å²) in [4.78, 5) is 20.6. The van der Waals surface area contributed by atoms with E-state index in [1.165, 1.54) is 0 Å². The van der Waals surface area contributed by atoms with Crippen LogP contribution in [0.4, 0.5) is 5.82 Å². The van der Waals surface area contributed by atoms with E-state index in [1.54, 1.807) is 0 Å². The van der Waals surface area contributed by atoms with Crippen LogP contribution in [0.5, 0.6) is 0 Å². The number of hydrogen-bond donors (Lipinski definition) is 2. The van der Waals surface area contributed by atoms with Gasteiger partial charge in [0.2, 0.25) is 0 Å². The minimum atomic E-state index is -0.232. The lowest BCUT2D eigenvalue weighted by atomic mass is 10.1. The van der Waals surface area contributed by atoms with Crippen molar-refractivity contribution in [2.24, 2.45) is 0 Å². The van der Waals surface area contributed by atoms with E-state index in [2.05, 4.69) is 27.1 Å². The van der Waals surface area contributed by atoms with E-state index in [0.29, 0.717) is 0 Å². The molecule has 0 fully saturated rings. The molecule has 0 unspecified atom stereocenters. The number of nitrogens with zero attached hydrogens (tertiary/aromatic N) is 2. The first-order valence-electron chi connectivity index (χ1n) is 6.26. The summed E-state index contributed by atoms with van der Waals surface area (Å²) in [6.45, 7) is 4.82. The summed E-state index contributed by atoms with van der Waals surface area (Å²) < 4.78 is 0. The average molecular weight is 236 g/mol. The molecule has 0 saturated heterocycles. The lowest BCUT2D eigenvalue weighted by Gasteiger charge is -2.25. The maximum absolute atomic E-state index is 11.5. The van der Waals surface area contributed by atoms with Crippen molar-refractivity contribution in [2.75, 3.05) is 25.0 Å². The fourth-order valence-electron chi connectivity index (χ4n) is 2.17. The van der Waals surface area contributed by atoms with Gasteiger partial charge in [-0.3, -0.25) is 0 Å². The van der Waals surface area contributed by atoms with Crippen molar-refractivity contribution in [1.82, 2.24) is 15.3 Å². The Bertz CT molecular complexity index is 441. The molecule has 1 aromatic heterocycles. The van der Waals surface area contributed by atoms with Crippen LogP contribution in [0.25, 0.3) is 0 Å². The summed E-state index contributed by atoms with van der Waals surface area (Å²) in [5, 5.41) is 3.32. The summed E-state index contributed by atoms with van der Waals surface area (Å²) in [7, 11) is 2.01. The SMILES string of the molecule is CCCCN(C)c1nc(=O)[nH]c2c1CNCC2. The van der Waals surface area contributed by atoms with Crippen molar-refractivity contribution in [3.8, 4) is 0 Å². The molecule has 5 nitrogen and oxygen atoms in total. The van der Waals surface area contributed by atoms with Gasteiger partial charge >= 0.3 is 5.69 Å². The zero-order valence-corrected chi connectivity index (χ0v) is 10.5. The minimum absolute atomic E-state index is 0.232. The Balaban J connectivity index is 2.31. The highest BCUT2D eigenvalue weighted by atomic mass is 16.1. The van der Waals surface area contributed by atoms with Crippen LogP contribution in [0.15, 0.2) is 4.79 Å². The molecule has 1 aliphatic heterocycles. The van der Waals surface area contributed by atoms with Gasteiger partial charge in [0.25, 0.3) is 0 Å². The van der Waals surface area contributed by atoms with Crippen LogP contribution >= 0.6 is 0 Å². The molecule has 0 aromatic carbocycles. The Morgan fingerprint density at radius 1 is 1.47 bits per heavy atom. The van der Waals surface area contributed by atoms with Crippen molar-refractivity contribution in [3.05, 3.63) is 21.7 Å². The largest absolute Gasteiger partial charge is 0.359 e. The molecule has 1 aliphatic rings. The summed E-state index contributed by atoms with van der Waals surface area (Å²) in [6.07, 6.45) is 3.14. The highest BCUT2D eigenvalue weighted by molar-refractivity contribution is 5.48. The van der Waals surface area contributed by atoms with Gasteiger partial charge < -0.3 is 15.2 Å². The van der Waals surface area contributed by atoms with Crippen LogP contribution < -0.4 is 15.9 Å². The Morgan fingerprint density at radius 3 is 3.06 bits per heavy atom. The van der Waals surface area contributed by atoms with Gasteiger partial charge in [0.1, 0.15) is 5.82 Å². The van der Waals surface area contributed by atoms with E-state index in [0.717, 1.165) is 56.0 Å². The molecular formula is C12H20N4O. The minimum Gasteiger partial charge on any atom is -0.359 e. The lowest BCUT2D eigenvalue weighted by molar-refractivity contribution is 0.618.